The van der Waals surface area contributed by atoms with Crippen molar-refractivity contribution in [2.24, 2.45) is 14.1 Å². The molecular formula is C20H20N6O4. The number of aromatic nitrogens is 6. The van der Waals surface area contributed by atoms with E-state index in [0.717, 1.165) is 10.3 Å². The number of fused-ring (bicyclic) bond motifs is 1. The van der Waals surface area contributed by atoms with Crippen LogP contribution in [0.1, 0.15) is 16.8 Å². The van der Waals surface area contributed by atoms with E-state index < -0.39 is 17.2 Å². The summed E-state index contributed by atoms with van der Waals surface area (Å²) in [5.74, 6) is -0.468. The highest BCUT2D eigenvalue weighted by atomic mass is 16.5. The number of imidazole rings is 1. The largest absolute Gasteiger partial charge is 0.462 e. The molecule has 0 aliphatic carbocycles. The van der Waals surface area contributed by atoms with Gasteiger partial charge < -0.3 is 9.30 Å². The number of hydrogen-bond donors (Lipinski definition) is 0. The fourth-order valence-corrected chi connectivity index (χ4v) is 3.24. The van der Waals surface area contributed by atoms with E-state index >= 15 is 0 Å². The van der Waals surface area contributed by atoms with Gasteiger partial charge in [0.2, 0.25) is 0 Å². The fourth-order valence-electron chi connectivity index (χ4n) is 3.24. The average molecular weight is 408 g/mol. The van der Waals surface area contributed by atoms with Gasteiger partial charge in [-0.3, -0.25) is 13.9 Å². The molecule has 1 aromatic carbocycles. The van der Waals surface area contributed by atoms with Crippen LogP contribution in [0.25, 0.3) is 16.9 Å². The number of rotatable bonds is 6. The van der Waals surface area contributed by atoms with Crippen LogP contribution in [0.2, 0.25) is 0 Å². The van der Waals surface area contributed by atoms with E-state index in [0.29, 0.717) is 23.1 Å². The van der Waals surface area contributed by atoms with Crippen molar-refractivity contribution in [3.63, 3.8) is 0 Å². The lowest BCUT2D eigenvalue weighted by Crippen LogP contribution is -2.39. The molecule has 0 radical (unpaired) electrons. The van der Waals surface area contributed by atoms with Gasteiger partial charge in [0.05, 0.1) is 24.2 Å². The predicted molar refractivity (Wildman–Crippen MR) is 109 cm³/mol. The number of nitrogens with zero attached hydrogens (tertiary/aromatic N) is 6. The van der Waals surface area contributed by atoms with E-state index in [1.165, 1.54) is 10.9 Å². The van der Waals surface area contributed by atoms with Crippen LogP contribution in [0.3, 0.4) is 0 Å². The van der Waals surface area contributed by atoms with Crippen molar-refractivity contribution in [1.29, 1.82) is 0 Å². The highest BCUT2D eigenvalue weighted by molar-refractivity contribution is 5.89. The van der Waals surface area contributed by atoms with Gasteiger partial charge >= 0.3 is 11.7 Å². The maximum absolute atomic E-state index is 12.6. The molecule has 0 fully saturated rings. The number of benzene rings is 1. The maximum atomic E-state index is 12.6. The van der Waals surface area contributed by atoms with Crippen LogP contribution in [0.15, 0.2) is 58.6 Å². The normalized spacial score (nSPS) is 11.1. The number of carbonyl (C=O) groups is 1. The van der Waals surface area contributed by atoms with Crippen molar-refractivity contribution in [2.75, 3.05) is 6.61 Å². The van der Waals surface area contributed by atoms with Crippen LogP contribution in [0.4, 0.5) is 0 Å². The summed E-state index contributed by atoms with van der Waals surface area (Å²) in [6, 6.07) is 8.69. The van der Waals surface area contributed by atoms with Crippen LogP contribution < -0.4 is 11.2 Å². The van der Waals surface area contributed by atoms with Crippen molar-refractivity contribution in [1.82, 2.24) is 28.5 Å². The van der Waals surface area contributed by atoms with E-state index in [2.05, 4.69) is 10.1 Å². The topological polar surface area (TPSA) is 106 Å². The summed E-state index contributed by atoms with van der Waals surface area (Å²) < 4.78 is 11.0. The summed E-state index contributed by atoms with van der Waals surface area (Å²) >= 11 is 0. The predicted octanol–water partition coefficient (Wildman–Crippen LogP) is 0.866. The van der Waals surface area contributed by atoms with Crippen LogP contribution >= 0.6 is 0 Å². The third kappa shape index (κ3) is 3.43. The number of aryl methyl sites for hydroxylation is 2. The molecule has 0 aliphatic heterocycles. The molecule has 154 valence electrons. The number of esters is 1. The minimum atomic E-state index is -0.468. The lowest BCUT2D eigenvalue weighted by Gasteiger charge is -2.09. The molecule has 4 rings (SSSR count). The fraction of sp³-hybridized carbons (Fsp3) is 0.250. The summed E-state index contributed by atoms with van der Waals surface area (Å²) in [6.45, 7) is 0.219. The summed E-state index contributed by atoms with van der Waals surface area (Å²) in [5.41, 5.74) is 1.08. The van der Waals surface area contributed by atoms with Crippen LogP contribution in [0, 0.1) is 0 Å². The molecule has 0 saturated heterocycles. The molecule has 4 aromatic rings. The molecule has 0 amide bonds. The van der Waals surface area contributed by atoms with Gasteiger partial charge in [-0.05, 0) is 36.8 Å². The van der Waals surface area contributed by atoms with Gasteiger partial charge in [0.1, 0.15) is 0 Å². The second-order valence-corrected chi connectivity index (χ2v) is 6.81. The van der Waals surface area contributed by atoms with Gasteiger partial charge in [-0.1, -0.05) is 0 Å². The zero-order valence-corrected chi connectivity index (χ0v) is 16.6. The molecule has 0 atom stereocenters. The Balaban J connectivity index is 1.39. The Kier molecular flexibility index (Phi) is 5.05. The first-order chi connectivity index (χ1) is 14.5. The maximum Gasteiger partial charge on any atom is 0.338 e. The molecule has 0 N–H and O–H groups in total. The number of ether oxygens (including phenoxy) is 1. The molecule has 3 aromatic heterocycles. The molecule has 3 heterocycles. The Morgan fingerprint density at radius 2 is 1.90 bits per heavy atom. The lowest BCUT2D eigenvalue weighted by atomic mass is 10.2. The van der Waals surface area contributed by atoms with E-state index in [9.17, 15) is 14.4 Å². The Morgan fingerprint density at radius 1 is 1.13 bits per heavy atom. The lowest BCUT2D eigenvalue weighted by molar-refractivity contribution is 0.0495. The Bertz CT molecular complexity index is 1310. The summed E-state index contributed by atoms with van der Waals surface area (Å²) in [4.78, 5) is 41.4. The first-order valence-corrected chi connectivity index (χ1v) is 9.35. The van der Waals surface area contributed by atoms with Crippen molar-refractivity contribution >= 4 is 17.1 Å². The Labute approximate surface area is 170 Å². The Hall–Kier alpha value is -3.95. The van der Waals surface area contributed by atoms with Gasteiger partial charge in [-0.25, -0.2) is 19.3 Å². The zero-order chi connectivity index (χ0) is 21.3. The number of carbonyl (C=O) groups excluding carboxylic acids is 1. The van der Waals surface area contributed by atoms with Crippen LogP contribution in [0.5, 0.6) is 0 Å². The van der Waals surface area contributed by atoms with Crippen LogP contribution in [-0.4, -0.2) is 41.0 Å². The van der Waals surface area contributed by atoms with Crippen molar-refractivity contribution in [3.8, 4) is 5.69 Å². The molecular weight excluding hydrogens is 388 g/mol. The zero-order valence-electron chi connectivity index (χ0n) is 16.6. The van der Waals surface area contributed by atoms with Gasteiger partial charge in [0.25, 0.3) is 5.56 Å². The van der Waals surface area contributed by atoms with Gasteiger partial charge in [0, 0.05) is 33.0 Å². The first-order valence-electron chi connectivity index (χ1n) is 9.35. The van der Waals surface area contributed by atoms with Crippen molar-refractivity contribution in [2.45, 2.75) is 13.0 Å². The van der Waals surface area contributed by atoms with Gasteiger partial charge in [-0.15, -0.1) is 0 Å². The quantitative estimate of drug-likeness (QED) is 0.346. The SMILES string of the molecule is Cn1cnc2c1c(=O)n(CCCOC(=O)c1ccc(-n3cccn3)cc1)c(=O)n2C. The number of hydrogen-bond acceptors (Lipinski definition) is 6. The third-order valence-electron chi connectivity index (χ3n) is 4.83. The minimum absolute atomic E-state index is 0.0821. The first kappa shape index (κ1) is 19.4. The van der Waals surface area contributed by atoms with Crippen molar-refractivity contribution in [3.05, 3.63) is 75.5 Å². The molecule has 0 saturated carbocycles. The second kappa shape index (κ2) is 7.82. The van der Waals surface area contributed by atoms with E-state index in [-0.39, 0.29) is 13.2 Å². The van der Waals surface area contributed by atoms with Gasteiger partial charge in [0.15, 0.2) is 11.2 Å². The second-order valence-electron chi connectivity index (χ2n) is 6.81. The van der Waals surface area contributed by atoms with E-state index in [4.69, 9.17) is 4.74 Å². The summed E-state index contributed by atoms with van der Waals surface area (Å²) in [6.07, 6.45) is 5.31. The molecule has 30 heavy (non-hydrogen) atoms. The highest BCUT2D eigenvalue weighted by Crippen LogP contribution is 2.10. The smallest absolute Gasteiger partial charge is 0.338 e. The molecule has 0 spiro atoms. The molecule has 0 bridgehead atoms. The van der Waals surface area contributed by atoms with Crippen LogP contribution in [-0.2, 0) is 25.4 Å². The average Bonchev–Trinajstić information content (AvgIpc) is 3.42. The van der Waals surface area contributed by atoms with E-state index in [1.54, 1.807) is 53.8 Å². The van der Waals surface area contributed by atoms with E-state index in [1.807, 2.05) is 12.3 Å². The minimum Gasteiger partial charge on any atom is -0.462 e. The molecule has 10 nitrogen and oxygen atoms in total. The standard InChI is InChI=1S/C20H20N6O4/c1-23-13-21-17-16(23)18(27)25(20(29)24(17)2)10-4-12-30-19(28)14-5-7-15(8-6-14)26-11-3-9-22-26/h3,5-9,11,13H,4,10,12H2,1-2H3. The van der Waals surface area contributed by atoms with Crippen molar-refractivity contribution < 1.29 is 9.53 Å². The monoisotopic (exact) mass is 408 g/mol. The molecule has 10 heteroatoms. The van der Waals surface area contributed by atoms with Gasteiger partial charge in [-0.2, -0.15) is 5.10 Å². The summed E-state index contributed by atoms with van der Waals surface area (Å²) in [7, 11) is 3.27. The molecule has 0 unspecified atom stereocenters. The Morgan fingerprint density at radius 3 is 2.60 bits per heavy atom. The molecule has 0 aliphatic rings. The third-order valence-corrected chi connectivity index (χ3v) is 4.83. The summed E-state index contributed by atoms with van der Waals surface area (Å²) in [5, 5.41) is 4.13. The highest BCUT2D eigenvalue weighted by Gasteiger charge is 2.15.